The molecule has 0 radical (unpaired) electrons. The zero-order valence-corrected chi connectivity index (χ0v) is 19.3. The predicted molar refractivity (Wildman–Crippen MR) is 128 cm³/mol. The highest BCUT2D eigenvalue weighted by Crippen LogP contribution is 2.36. The second-order valence-corrected chi connectivity index (χ2v) is 8.08. The molecular weight excluding hydrogens is 460 g/mol. The quantitative estimate of drug-likeness (QED) is 0.217. The topological polar surface area (TPSA) is 126 Å². The molecule has 0 aliphatic carbocycles. The summed E-state index contributed by atoms with van der Waals surface area (Å²) >= 11 is 0.972. The van der Waals surface area contributed by atoms with Crippen LogP contribution < -0.4 is 14.8 Å². The number of methoxy groups -OCH3 is 3. The number of hydrogen-bond donors (Lipinski definition) is 1. The Morgan fingerprint density at radius 2 is 1.76 bits per heavy atom. The molecule has 0 saturated heterocycles. The lowest BCUT2D eigenvalue weighted by Crippen LogP contribution is -2.04. The Labute approximate surface area is 198 Å². The highest BCUT2D eigenvalue weighted by Gasteiger charge is 2.19. The molecule has 4 rings (SSSR count). The van der Waals surface area contributed by atoms with Crippen molar-refractivity contribution in [1.29, 1.82) is 0 Å². The average Bonchev–Trinajstić information content (AvgIpc) is 3.31. The molecule has 0 saturated carbocycles. The molecule has 2 aromatic heterocycles. The highest BCUT2D eigenvalue weighted by molar-refractivity contribution is 7.21. The van der Waals surface area contributed by atoms with Crippen molar-refractivity contribution in [3.8, 4) is 22.9 Å². The maximum Gasteiger partial charge on any atom is 0.337 e. The summed E-state index contributed by atoms with van der Waals surface area (Å²) in [7, 11) is 4.44. The summed E-state index contributed by atoms with van der Waals surface area (Å²) in [4.78, 5) is 32.2. The zero-order valence-electron chi connectivity index (χ0n) is 18.5. The van der Waals surface area contributed by atoms with E-state index in [2.05, 4.69) is 15.3 Å². The van der Waals surface area contributed by atoms with E-state index >= 15 is 0 Å². The first kappa shape index (κ1) is 22.9. The van der Waals surface area contributed by atoms with E-state index in [9.17, 15) is 14.9 Å². The van der Waals surface area contributed by atoms with Crippen molar-refractivity contribution in [2.45, 2.75) is 6.54 Å². The number of nitro groups is 1. The van der Waals surface area contributed by atoms with Crippen molar-refractivity contribution < 1.29 is 23.9 Å². The van der Waals surface area contributed by atoms with E-state index in [1.165, 1.54) is 13.2 Å². The lowest BCUT2D eigenvalue weighted by Gasteiger charge is -2.12. The molecule has 0 aliphatic heterocycles. The van der Waals surface area contributed by atoms with Crippen LogP contribution >= 0.6 is 11.3 Å². The second-order valence-electron chi connectivity index (χ2n) is 7.07. The molecule has 0 spiro atoms. The van der Waals surface area contributed by atoms with Gasteiger partial charge in [-0.05, 0) is 41.2 Å². The fourth-order valence-electron chi connectivity index (χ4n) is 3.31. The summed E-state index contributed by atoms with van der Waals surface area (Å²) in [6, 6.07) is 13.6. The molecule has 4 aromatic rings. The third-order valence-electron chi connectivity index (χ3n) is 5.03. The van der Waals surface area contributed by atoms with Gasteiger partial charge in [-0.15, -0.1) is 0 Å². The Morgan fingerprint density at radius 1 is 1.03 bits per heavy atom. The number of rotatable bonds is 8. The first-order valence-electron chi connectivity index (χ1n) is 10.0. The number of nitrogens with zero attached hydrogens (tertiary/aromatic N) is 3. The predicted octanol–water partition coefficient (Wildman–Crippen LogP) is 4.68. The number of carbonyl (C=O) groups excluding carboxylic acids is 1. The summed E-state index contributed by atoms with van der Waals surface area (Å²) < 4.78 is 15.4. The minimum Gasteiger partial charge on any atom is -0.493 e. The van der Waals surface area contributed by atoms with Gasteiger partial charge in [-0.3, -0.25) is 10.1 Å². The van der Waals surface area contributed by atoms with Crippen LogP contribution in [0.5, 0.6) is 11.5 Å². The largest absolute Gasteiger partial charge is 0.493 e. The summed E-state index contributed by atoms with van der Waals surface area (Å²) in [6.45, 7) is 0.386. The van der Waals surface area contributed by atoms with E-state index in [1.807, 2.05) is 12.1 Å². The Hall–Kier alpha value is -4.25. The summed E-state index contributed by atoms with van der Waals surface area (Å²) in [5.41, 5.74) is 1.95. The van der Waals surface area contributed by atoms with Gasteiger partial charge in [-0.1, -0.05) is 18.2 Å². The number of anilines is 1. The van der Waals surface area contributed by atoms with Gasteiger partial charge in [-0.25, -0.2) is 14.8 Å². The number of esters is 1. The van der Waals surface area contributed by atoms with Gasteiger partial charge in [0.05, 0.1) is 37.2 Å². The monoisotopic (exact) mass is 480 g/mol. The van der Waals surface area contributed by atoms with Gasteiger partial charge in [-0.2, -0.15) is 0 Å². The number of fused-ring (bicyclic) bond motifs is 1. The van der Waals surface area contributed by atoms with E-state index in [0.717, 1.165) is 16.9 Å². The normalized spacial score (nSPS) is 10.7. The smallest absolute Gasteiger partial charge is 0.337 e. The number of ether oxygens (including phenoxy) is 3. The highest BCUT2D eigenvalue weighted by atomic mass is 32.1. The SMILES string of the molecule is COC(=O)c1ccc(-c2nc(NCc3ccc(OC)c(OC)c3)c3cc([N+](=O)[O-])sc3n2)cc1. The molecular formula is C23H20N4O6S. The molecule has 0 atom stereocenters. The fraction of sp³-hybridized carbons (Fsp3) is 0.174. The number of benzene rings is 2. The third-order valence-corrected chi connectivity index (χ3v) is 6.01. The number of nitrogens with one attached hydrogen (secondary N) is 1. The third kappa shape index (κ3) is 4.59. The molecule has 10 nitrogen and oxygen atoms in total. The van der Waals surface area contributed by atoms with E-state index < -0.39 is 10.9 Å². The molecule has 34 heavy (non-hydrogen) atoms. The minimum atomic E-state index is -0.450. The Balaban J connectivity index is 1.71. The zero-order chi connectivity index (χ0) is 24.2. The molecule has 0 amide bonds. The molecule has 2 heterocycles. The van der Waals surface area contributed by atoms with Crippen LogP contribution in [-0.4, -0.2) is 42.2 Å². The van der Waals surface area contributed by atoms with Crippen LogP contribution in [0.1, 0.15) is 15.9 Å². The number of aromatic nitrogens is 2. The van der Waals surface area contributed by atoms with Crippen LogP contribution in [0.25, 0.3) is 21.6 Å². The van der Waals surface area contributed by atoms with E-state index in [0.29, 0.717) is 51.0 Å². The first-order valence-corrected chi connectivity index (χ1v) is 10.8. The molecule has 2 aromatic carbocycles. The van der Waals surface area contributed by atoms with E-state index in [1.54, 1.807) is 44.6 Å². The van der Waals surface area contributed by atoms with E-state index in [-0.39, 0.29) is 5.00 Å². The number of carbonyl (C=O) groups is 1. The fourth-order valence-corrected chi connectivity index (χ4v) is 4.16. The maximum atomic E-state index is 11.7. The van der Waals surface area contributed by atoms with Crippen LogP contribution in [-0.2, 0) is 11.3 Å². The minimum absolute atomic E-state index is 0.0309. The summed E-state index contributed by atoms with van der Waals surface area (Å²) in [6.07, 6.45) is 0. The lowest BCUT2D eigenvalue weighted by molar-refractivity contribution is -0.380. The van der Waals surface area contributed by atoms with Crippen LogP contribution in [0.15, 0.2) is 48.5 Å². The molecule has 0 fully saturated rings. The van der Waals surface area contributed by atoms with Crippen molar-refractivity contribution in [3.63, 3.8) is 0 Å². The van der Waals surface area contributed by atoms with Crippen molar-refractivity contribution in [1.82, 2.24) is 9.97 Å². The van der Waals surface area contributed by atoms with Gasteiger partial charge < -0.3 is 19.5 Å². The Bertz CT molecular complexity index is 1370. The van der Waals surface area contributed by atoms with Gasteiger partial charge in [0, 0.05) is 18.2 Å². The molecule has 1 N–H and O–H groups in total. The lowest BCUT2D eigenvalue weighted by atomic mass is 10.1. The van der Waals surface area contributed by atoms with E-state index in [4.69, 9.17) is 14.2 Å². The summed E-state index contributed by atoms with van der Waals surface area (Å²) in [5.74, 6) is 1.58. The van der Waals surface area contributed by atoms with Gasteiger partial charge in [0.1, 0.15) is 10.6 Å². The van der Waals surface area contributed by atoms with Crippen molar-refractivity contribution in [2.24, 2.45) is 0 Å². The number of thiophene rings is 1. The average molecular weight is 481 g/mol. The van der Waals surface area contributed by atoms with Gasteiger partial charge in [0.25, 0.3) is 0 Å². The van der Waals surface area contributed by atoms with Crippen LogP contribution in [0.2, 0.25) is 0 Å². The van der Waals surface area contributed by atoms with Crippen molar-refractivity contribution in [3.05, 3.63) is 69.8 Å². The standard InChI is InChI=1S/C23H20N4O6S/c1-31-17-9-4-13(10-18(17)32-2)12-24-21-16-11-19(27(29)30)34-22(16)26-20(25-21)14-5-7-15(8-6-14)23(28)33-3/h4-11H,12H2,1-3H3,(H,24,25,26). The molecule has 174 valence electrons. The van der Waals surface area contributed by atoms with Crippen LogP contribution in [0.4, 0.5) is 10.8 Å². The maximum absolute atomic E-state index is 11.7. The Morgan fingerprint density at radius 3 is 2.41 bits per heavy atom. The van der Waals surface area contributed by atoms with Crippen LogP contribution in [0.3, 0.4) is 0 Å². The van der Waals surface area contributed by atoms with Gasteiger partial charge in [0.2, 0.25) is 0 Å². The van der Waals surface area contributed by atoms with Crippen molar-refractivity contribution >= 4 is 38.3 Å². The molecule has 0 bridgehead atoms. The first-order chi connectivity index (χ1) is 16.4. The van der Waals surface area contributed by atoms with Crippen molar-refractivity contribution in [2.75, 3.05) is 26.6 Å². The second kappa shape index (κ2) is 9.71. The van der Waals surface area contributed by atoms with Gasteiger partial charge >= 0.3 is 11.0 Å². The van der Waals surface area contributed by atoms with Crippen LogP contribution in [0, 0.1) is 10.1 Å². The molecule has 0 aliphatic rings. The molecule has 11 heteroatoms. The van der Waals surface area contributed by atoms with Gasteiger partial charge in [0.15, 0.2) is 17.3 Å². The molecule has 0 unspecified atom stereocenters. The number of hydrogen-bond acceptors (Lipinski definition) is 10. The Kier molecular flexibility index (Phi) is 6.55. The summed E-state index contributed by atoms with van der Waals surface area (Å²) in [5, 5.41) is 15.1.